The van der Waals surface area contributed by atoms with Crippen molar-refractivity contribution < 1.29 is 14.3 Å². The van der Waals surface area contributed by atoms with Crippen molar-refractivity contribution in [1.29, 1.82) is 0 Å². The van der Waals surface area contributed by atoms with Crippen LogP contribution in [0.3, 0.4) is 0 Å². The molecule has 1 atom stereocenters. The summed E-state index contributed by atoms with van der Waals surface area (Å²) in [5, 5.41) is 10.5. The number of methoxy groups -OCH3 is 1. The molecule has 29 heavy (non-hydrogen) atoms. The number of nitrogens with one attached hydrogen (secondary N) is 2. The minimum Gasteiger partial charge on any atom is -0.497 e. The maximum Gasteiger partial charge on any atom is 0.252 e. The number of hydrogen-bond acceptors (Lipinski definition) is 5. The Morgan fingerprint density at radius 3 is 2.66 bits per heavy atom. The van der Waals surface area contributed by atoms with Gasteiger partial charge in [0.25, 0.3) is 5.91 Å². The van der Waals surface area contributed by atoms with Crippen molar-refractivity contribution in [3.05, 3.63) is 52.5 Å². The summed E-state index contributed by atoms with van der Waals surface area (Å²) in [6.07, 6.45) is -0.107. The lowest BCUT2D eigenvalue weighted by atomic mass is 10.2. The molecule has 8 nitrogen and oxygen atoms in total. The molecule has 1 unspecified atom stereocenters. The van der Waals surface area contributed by atoms with E-state index in [4.69, 9.17) is 27.9 Å². The molecule has 2 heterocycles. The van der Waals surface area contributed by atoms with Gasteiger partial charge in [0.15, 0.2) is 5.82 Å². The first kappa shape index (κ1) is 19.2. The molecule has 148 valence electrons. The van der Waals surface area contributed by atoms with Crippen LogP contribution in [0, 0.1) is 0 Å². The molecule has 0 saturated heterocycles. The van der Waals surface area contributed by atoms with E-state index in [1.54, 1.807) is 37.4 Å². The van der Waals surface area contributed by atoms with E-state index in [9.17, 15) is 9.59 Å². The minimum atomic E-state index is -0.799. The smallest absolute Gasteiger partial charge is 0.252 e. The summed E-state index contributed by atoms with van der Waals surface area (Å²) >= 11 is 11.8. The summed E-state index contributed by atoms with van der Waals surface area (Å²) in [6, 6.07) is 11.2. The van der Waals surface area contributed by atoms with Gasteiger partial charge in [-0.05, 0) is 42.5 Å². The standard InChI is InChI=1S/C19H15Cl2N5O3/c1-29-12-5-2-10(3-6-12)17-23-19-24-18(28)15(26(19)25-17)9-16(27)22-11-4-7-13(20)14(21)8-11/h2-8,15H,9H2,1H3,(H,22,27)(H,23,24,25,28). The number of benzene rings is 2. The number of carbonyl (C=O) groups excluding carboxylic acids is 2. The largest absolute Gasteiger partial charge is 0.497 e. The Morgan fingerprint density at radius 1 is 1.21 bits per heavy atom. The third-order valence-electron chi connectivity index (χ3n) is 4.39. The van der Waals surface area contributed by atoms with Crippen molar-refractivity contribution in [2.75, 3.05) is 17.7 Å². The third kappa shape index (κ3) is 3.90. The van der Waals surface area contributed by atoms with Crippen LogP contribution in [0.2, 0.25) is 10.0 Å². The van der Waals surface area contributed by atoms with Gasteiger partial charge in [0, 0.05) is 11.3 Å². The Labute approximate surface area is 175 Å². The van der Waals surface area contributed by atoms with E-state index in [1.807, 2.05) is 12.1 Å². The highest BCUT2D eigenvalue weighted by molar-refractivity contribution is 6.42. The Morgan fingerprint density at radius 2 is 1.97 bits per heavy atom. The van der Waals surface area contributed by atoms with Gasteiger partial charge in [0.2, 0.25) is 11.9 Å². The average Bonchev–Trinajstić information content (AvgIpc) is 3.23. The number of aromatic nitrogens is 3. The molecule has 1 aliphatic rings. The van der Waals surface area contributed by atoms with Crippen LogP contribution >= 0.6 is 23.2 Å². The van der Waals surface area contributed by atoms with Gasteiger partial charge in [0.05, 0.1) is 23.6 Å². The molecule has 1 aromatic heterocycles. The molecule has 2 amide bonds. The second kappa shape index (κ2) is 7.73. The van der Waals surface area contributed by atoms with Gasteiger partial charge in [-0.15, -0.1) is 5.10 Å². The maximum absolute atomic E-state index is 12.4. The third-order valence-corrected chi connectivity index (χ3v) is 5.13. The lowest BCUT2D eigenvalue weighted by molar-refractivity contribution is -0.123. The molecule has 3 aromatic rings. The number of ether oxygens (including phenoxy) is 1. The van der Waals surface area contributed by atoms with Gasteiger partial charge in [-0.3, -0.25) is 14.9 Å². The van der Waals surface area contributed by atoms with E-state index in [1.165, 1.54) is 4.68 Å². The SMILES string of the molecule is COc1ccc(-c2nc3n(n2)C(CC(=O)Nc2ccc(Cl)c(Cl)c2)C(=O)N3)cc1. The first-order valence-corrected chi connectivity index (χ1v) is 9.37. The molecular weight excluding hydrogens is 417 g/mol. The lowest BCUT2D eigenvalue weighted by Gasteiger charge is -2.10. The van der Waals surface area contributed by atoms with Crippen LogP contribution in [0.1, 0.15) is 12.5 Å². The van der Waals surface area contributed by atoms with E-state index < -0.39 is 6.04 Å². The molecule has 0 bridgehead atoms. The van der Waals surface area contributed by atoms with Gasteiger partial charge in [-0.25, -0.2) is 4.68 Å². The molecule has 0 aliphatic carbocycles. The minimum absolute atomic E-state index is 0.107. The number of halogens is 2. The molecule has 2 aromatic carbocycles. The fraction of sp³-hybridized carbons (Fsp3) is 0.158. The molecule has 0 saturated carbocycles. The molecule has 1 aliphatic heterocycles. The second-order valence-corrected chi connectivity index (χ2v) is 7.13. The van der Waals surface area contributed by atoms with Crippen molar-refractivity contribution in [3.63, 3.8) is 0 Å². The molecule has 4 rings (SSSR count). The zero-order valence-electron chi connectivity index (χ0n) is 15.1. The number of anilines is 2. The van der Waals surface area contributed by atoms with Gasteiger partial charge in [-0.1, -0.05) is 23.2 Å². The van der Waals surface area contributed by atoms with E-state index >= 15 is 0 Å². The van der Waals surface area contributed by atoms with Crippen LogP contribution in [0.5, 0.6) is 5.75 Å². The van der Waals surface area contributed by atoms with E-state index in [2.05, 4.69) is 20.7 Å². The van der Waals surface area contributed by atoms with Crippen LogP contribution in [0.4, 0.5) is 11.6 Å². The van der Waals surface area contributed by atoms with Crippen LogP contribution in [0.15, 0.2) is 42.5 Å². The second-order valence-electron chi connectivity index (χ2n) is 6.32. The first-order chi connectivity index (χ1) is 13.9. The van der Waals surface area contributed by atoms with Crippen LogP contribution < -0.4 is 15.4 Å². The Kier molecular flexibility index (Phi) is 5.12. The number of carbonyl (C=O) groups is 2. The van der Waals surface area contributed by atoms with Gasteiger partial charge in [-0.2, -0.15) is 4.98 Å². The molecule has 2 N–H and O–H groups in total. The van der Waals surface area contributed by atoms with E-state index in [0.29, 0.717) is 33.3 Å². The maximum atomic E-state index is 12.4. The number of nitrogens with zero attached hydrogens (tertiary/aromatic N) is 3. The summed E-state index contributed by atoms with van der Waals surface area (Å²) < 4.78 is 6.57. The fourth-order valence-corrected chi connectivity index (χ4v) is 3.23. The van der Waals surface area contributed by atoms with Crippen molar-refractivity contribution in [3.8, 4) is 17.1 Å². The van der Waals surface area contributed by atoms with Gasteiger partial charge < -0.3 is 10.1 Å². The highest BCUT2D eigenvalue weighted by Crippen LogP contribution is 2.30. The summed E-state index contributed by atoms with van der Waals surface area (Å²) in [4.78, 5) is 29.0. The number of rotatable bonds is 5. The summed E-state index contributed by atoms with van der Waals surface area (Å²) in [5.41, 5.74) is 1.25. The van der Waals surface area contributed by atoms with Crippen molar-refractivity contribution >= 4 is 46.7 Å². The zero-order valence-corrected chi connectivity index (χ0v) is 16.7. The van der Waals surface area contributed by atoms with Crippen LogP contribution in [0.25, 0.3) is 11.4 Å². The molecule has 0 radical (unpaired) electrons. The van der Waals surface area contributed by atoms with E-state index in [0.717, 1.165) is 5.56 Å². The zero-order chi connectivity index (χ0) is 20.5. The normalized spacial score (nSPS) is 15.0. The topological polar surface area (TPSA) is 98.1 Å². The van der Waals surface area contributed by atoms with Crippen LogP contribution in [-0.4, -0.2) is 33.7 Å². The van der Waals surface area contributed by atoms with Crippen molar-refractivity contribution in [2.45, 2.75) is 12.5 Å². The molecule has 0 fully saturated rings. The number of fused-ring (bicyclic) bond motifs is 1. The van der Waals surface area contributed by atoms with Crippen molar-refractivity contribution in [1.82, 2.24) is 14.8 Å². The Hall–Kier alpha value is -3.10. The highest BCUT2D eigenvalue weighted by Gasteiger charge is 2.35. The van der Waals surface area contributed by atoms with E-state index in [-0.39, 0.29) is 18.2 Å². The fourth-order valence-electron chi connectivity index (χ4n) is 2.93. The predicted molar refractivity (Wildman–Crippen MR) is 109 cm³/mol. The predicted octanol–water partition coefficient (Wildman–Crippen LogP) is 3.78. The first-order valence-electron chi connectivity index (χ1n) is 8.61. The number of hydrogen-bond donors (Lipinski definition) is 2. The monoisotopic (exact) mass is 431 g/mol. The molecule has 10 heteroatoms. The number of amides is 2. The summed E-state index contributed by atoms with van der Waals surface area (Å²) in [6.45, 7) is 0. The summed E-state index contributed by atoms with van der Waals surface area (Å²) in [5.74, 6) is 0.750. The van der Waals surface area contributed by atoms with Crippen LogP contribution in [-0.2, 0) is 9.59 Å². The lowest BCUT2D eigenvalue weighted by Crippen LogP contribution is -2.23. The average molecular weight is 432 g/mol. The highest BCUT2D eigenvalue weighted by atomic mass is 35.5. The Bertz CT molecular complexity index is 1100. The molecule has 0 spiro atoms. The molecular formula is C19H15Cl2N5O3. The summed E-state index contributed by atoms with van der Waals surface area (Å²) in [7, 11) is 1.58. The van der Waals surface area contributed by atoms with Crippen molar-refractivity contribution in [2.24, 2.45) is 0 Å². The van der Waals surface area contributed by atoms with Gasteiger partial charge in [0.1, 0.15) is 11.8 Å². The van der Waals surface area contributed by atoms with Gasteiger partial charge >= 0.3 is 0 Å². The quantitative estimate of drug-likeness (QED) is 0.640. The Balaban J connectivity index is 1.50.